The third kappa shape index (κ3) is 3.10. The van der Waals surface area contributed by atoms with Crippen molar-refractivity contribution in [2.24, 2.45) is 23.0 Å². The zero-order valence-corrected chi connectivity index (χ0v) is 15.7. The van der Waals surface area contributed by atoms with Gasteiger partial charge < -0.3 is 11.1 Å². The number of nitrogens with one attached hydrogen (secondary N) is 1. The van der Waals surface area contributed by atoms with Crippen molar-refractivity contribution in [2.45, 2.75) is 65.7 Å². The van der Waals surface area contributed by atoms with E-state index in [4.69, 9.17) is 5.73 Å². The van der Waals surface area contributed by atoms with E-state index in [1.165, 1.54) is 4.88 Å². The van der Waals surface area contributed by atoms with Crippen LogP contribution in [-0.2, 0) is 17.6 Å². The van der Waals surface area contributed by atoms with E-state index in [1.807, 2.05) is 0 Å². The second-order valence-electron chi connectivity index (χ2n) is 7.97. The Labute approximate surface area is 148 Å². The average molecular weight is 349 g/mol. The molecule has 2 amide bonds. The molecule has 0 saturated heterocycles. The zero-order chi connectivity index (χ0) is 17.5. The summed E-state index contributed by atoms with van der Waals surface area (Å²) in [4.78, 5) is 25.5. The van der Waals surface area contributed by atoms with Crippen molar-refractivity contribution in [3.63, 3.8) is 0 Å². The summed E-state index contributed by atoms with van der Waals surface area (Å²) in [5, 5.41) is 3.68. The number of carbonyl (C=O) groups is 2. The topological polar surface area (TPSA) is 72.2 Å². The van der Waals surface area contributed by atoms with Crippen molar-refractivity contribution in [1.82, 2.24) is 0 Å². The summed E-state index contributed by atoms with van der Waals surface area (Å²) < 4.78 is 0. The number of rotatable bonds is 5. The summed E-state index contributed by atoms with van der Waals surface area (Å²) in [5.74, 6) is 0.360. The number of hydrogen-bond acceptors (Lipinski definition) is 3. The molecule has 1 fully saturated rings. The molecule has 2 aliphatic rings. The van der Waals surface area contributed by atoms with Crippen molar-refractivity contribution in [3.8, 4) is 0 Å². The molecular formula is C19H28N2O2S. The highest BCUT2D eigenvalue weighted by Crippen LogP contribution is 2.45. The minimum Gasteiger partial charge on any atom is -0.365 e. The highest BCUT2D eigenvalue weighted by atomic mass is 32.1. The van der Waals surface area contributed by atoms with Gasteiger partial charge in [-0.1, -0.05) is 33.6 Å². The normalized spacial score (nSPS) is 21.0. The highest BCUT2D eigenvalue weighted by Gasteiger charge is 2.35. The smallest absolute Gasteiger partial charge is 0.251 e. The van der Waals surface area contributed by atoms with Gasteiger partial charge in [-0.05, 0) is 49.0 Å². The van der Waals surface area contributed by atoms with E-state index in [2.05, 4.69) is 26.1 Å². The molecule has 0 aromatic carbocycles. The molecule has 0 spiro atoms. The van der Waals surface area contributed by atoms with E-state index < -0.39 is 5.91 Å². The number of carbonyl (C=O) groups excluding carboxylic acids is 2. The minimum atomic E-state index is -0.412. The van der Waals surface area contributed by atoms with Gasteiger partial charge >= 0.3 is 0 Å². The fourth-order valence-electron chi connectivity index (χ4n) is 3.77. The van der Waals surface area contributed by atoms with Gasteiger partial charge in [-0.3, -0.25) is 9.59 Å². The van der Waals surface area contributed by atoms with Crippen molar-refractivity contribution >= 4 is 28.2 Å². The van der Waals surface area contributed by atoms with Gasteiger partial charge in [0.05, 0.1) is 5.56 Å². The summed E-state index contributed by atoms with van der Waals surface area (Å²) in [6.45, 7) is 6.89. The van der Waals surface area contributed by atoms with Gasteiger partial charge in [0.2, 0.25) is 5.91 Å². The first kappa shape index (κ1) is 17.5. The molecule has 5 heteroatoms. The molecule has 2 aliphatic carbocycles. The summed E-state index contributed by atoms with van der Waals surface area (Å²) in [7, 11) is 0. The van der Waals surface area contributed by atoms with Crippen LogP contribution in [-0.4, -0.2) is 11.8 Å². The fraction of sp³-hybridized carbons (Fsp3) is 0.684. The van der Waals surface area contributed by atoms with Crippen LogP contribution in [0.15, 0.2) is 0 Å². The van der Waals surface area contributed by atoms with E-state index in [1.54, 1.807) is 11.3 Å². The molecule has 4 nitrogen and oxygen atoms in total. The lowest BCUT2D eigenvalue weighted by Crippen LogP contribution is -2.29. The van der Waals surface area contributed by atoms with Gasteiger partial charge in [0.25, 0.3) is 5.91 Å². The van der Waals surface area contributed by atoms with Crippen LogP contribution in [0.1, 0.15) is 73.7 Å². The Hall–Kier alpha value is -1.36. The number of primary amides is 1. The van der Waals surface area contributed by atoms with Crippen LogP contribution in [0, 0.1) is 17.3 Å². The number of thiophene rings is 1. The summed E-state index contributed by atoms with van der Waals surface area (Å²) in [6.07, 6.45) is 7.13. The monoisotopic (exact) mass is 348 g/mol. The minimum absolute atomic E-state index is 0.0489. The van der Waals surface area contributed by atoms with Crippen LogP contribution in [0.3, 0.4) is 0 Å². The van der Waals surface area contributed by atoms with E-state index in [-0.39, 0.29) is 11.8 Å². The van der Waals surface area contributed by atoms with Crippen LogP contribution >= 0.6 is 11.3 Å². The van der Waals surface area contributed by atoms with Crippen molar-refractivity contribution < 1.29 is 9.59 Å². The molecule has 0 unspecified atom stereocenters. The average Bonchev–Trinajstić information content (AvgIpc) is 2.81. The molecule has 0 bridgehead atoms. The first-order chi connectivity index (χ1) is 11.3. The molecule has 1 atom stereocenters. The first-order valence-corrected chi connectivity index (χ1v) is 9.90. The van der Waals surface area contributed by atoms with Crippen LogP contribution < -0.4 is 11.1 Å². The SMILES string of the molecule is CCC(C)(C)[C@H]1CCc2c(sc(NC(=O)C3CCC3)c2C(N)=O)C1. The number of hydrogen-bond donors (Lipinski definition) is 2. The maximum Gasteiger partial charge on any atom is 0.251 e. The molecule has 1 saturated carbocycles. The van der Waals surface area contributed by atoms with Gasteiger partial charge in [0.1, 0.15) is 5.00 Å². The molecular weight excluding hydrogens is 320 g/mol. The Balaban J connectivity index is 1.86. The van der Waals surface area contributed by atoms with Crippen LogP contribution in [0.5, 0.6) is 0 Å². The lowest BCUT2D eigenvalue weighted by atomic mass is 9.69. The molecule has 1 heterocycles. The Morgan fingerprint density at radius 1 is 1.29 bits per heavy atom. The van der Waals surface area contributed by atoms with Crippen molar-refractivity contribution in [1.29, 1.82) is 0 Å². The molecule has 1 aromatic rings. The molecule has 3 N–H and O–H groups in total. The number of fused-ring (bicyclic) bond motifs is 1. The largest absolute Gasteiger partial charge is 0.365 e. The van der Waals surface area contributed by atoms with Crippen molar-refractivity contribution in [3.05, 3.63) is 16.0 Å². The Bertz CT molecular complexity index is 659. The molecule has 24 heavy (non-hydrogen) atoms. The standard InChI is InChI=1S/C19H28N2O2S/c1-4-19(2,3)12-8-9-13-14(10-12)24-18(15(13)16(20)22)21-17(23)11-6-5-7-11/h11-12H,4-10H2,1-3H3,(H2,20,22)(H,21,23)/t12-/m0/s1. The number of amides is 2. The van der Waals surface area contributed by atoms with E-state index in [0.717, 1.165) is 50.5 Å². The molecule has 0 aliphatic heterocycles. The van der Waals surface area contributed by atoms with Gasteiger partial charge in [0, 0.05) is 10.8 Å². The quantitative estimate of drug-likeness (QED) is 0.840. The Morgan fingerprint density at radius 3 is 2.54 bits per heavy atom. The maximum absolute atomic E-state index is 12.3. The van der Waals surface area contributed by atoms with E-state index in [9.17, 15) is 9.59 Å². The third-order valence-electron chi connectivity index (χ3n) is 6.24. The first-order valence-electron chi connectivity index (χ1n) is 9.08. The summed E-state index contributed by atoms with van der Waals surface area (Å²) >= 11 is 1.57. The van der Waals surface area contributed by atoms with E-state index >= 15 is 0 Å². The maximum atomic E-state index is 12.3. The fourth-order valence-corrected chi connectivity index (χ4v) is 5.11. The van der Waals surface area contributed by atoms with Gasteiger partial charge in [-0.2, -0.15) is 0 Å². The van der Waals surface area contributed by atoms with Gasteiger partial charge in [-0.25, -0.2) is 0 Å². The van der Waals surface area contributed by atoms with Crippen LogP contribution in [0.4, 0.5) is 5.00 Å². The zero-order valence-electron chi connectivity index (χ0n) is 14.9. The summed E-state index contributed by atoms with van der Waals surface area (Å²) in [6, 6.07) is 0. The molecule has 132 valence electrons. The van der Waals surface area contributed by atoms with Crippen LogP contribution in [0.25, 0.3) is 0 Å². The Morgan fingerprint density at radius 2 is 2.00 bits per heavy atom. The van der Waals surface area contributed by atoms with Crippen molar-refractivity contribution in [2.75, 3.05) is 5.32 Å². The van der Waals surface area contributed by atoms with Gasteiger partial charge in [-0.15, -0.1) is 11.3 Å². The van der Waals surface area contributed by atoms with Crippen LogP contribution in [0.2, 0.25) is 0 Å². The lowest BCUT2D eigenvalue weighted by molar-refractivity contribution is -0.122. The molecule has 0 radical (unpaired) electrons. The predicted molar refractivity (Wildman–Crippen MR) is 98.4 cm³/mol. The lowest BCUT2D eigenvalue weighted by Gasteiger charge is -2.36. The predicted octanol–water partition coefficient (Wildman–Crippen LogP) is 4.13. The van der Waals surface area contributed by atoms with E-state index in [0.29, 0.717) is 21.9 Å². The molecule has 3 rings (SSSR count). The second kappa shape index (κ2) is 6.51. The number of anilines is 1. The third-order valence-corrected chi connectivity index (χ3v) is 7.41. The molecule has 1 aromatic heterocycles. The van der Waals surface area contributed by atoms with Gasteiger partial charge in [0.15, 0.2) is 0 Å². The Kier molecular flexibility index (Phi) is 4.73. The number of nitrogens with two attached hydrogens (primary N) is 1. The summed E-state index contributed by atoms with van der Waals surface area (Å²) in [5.41, 5.74) is 7.59. The second-order valence-corrected chi connectivity index (χ2v) is 9.08. The highest BCUT2D eigenvalue weighted by molar-refractivity contribution is 7.17.